The average molecular weight is 573 g/mol. The smallest absolute Gasteiger partial charge is 0.244 e. The minimum atomic E-state index is -3.77. The van der Waals surface area contributed by atoms with Crippen molar-refractivity contribution in [3.05, 3.63) is 63.6 Å². The first-order chi connectivity index (χ1) is 16.0. The van der Waals surface area contributed by atoms with Gasteiger partial charge < -0.3 is 10.2 Å². The molecule has 10 heteroatoms. The maximum Gasteiger partial charge on any atom is 0.244 e. The molecule has 7 nitrogen and oxygen atoms in total. The van der Waals surface area contributed by atoms with E-state index in [1.165, 1.54) is 4.90 Å². The molecule has 0 spiro atoms. The normalized spacial score (nSPS) is 13.1. The van der Waals surface area contributed by atoms with E-state index in [2.05, 4.69) is 21.2 Å². The maximum absolute atomic E-state index is 13.6. The first-order valence-corrected chi connectivity index (χ1v) is 14.1. The van der Waals surface area contributed by atoms with E-state index in [-0.39, 0.29) is 18.5 Å². The summed E-state index contributed by atoms with van der Waals surface area (Å²) >= 11 is 9.35. The Morgan fingerprint density at radius 2 is 1.74 bits per heavy atom. The molecule has 0 aromatic heterocycles. The fourth-order valence-corrected chi connectivity index (χ4v) is 4.75. The van der Waals surface area contributed by atoms with Crippen molar-refractivity contribution in [1.82, 2.24) is 10.2 Å². The van der Waals surface area contributed by atoms with Crippen LogP contribution in [-0.2, 0) is 26.2 Å². The number of sulfonamides is 1. The van der Waals surface area contributed by atoms with Gasteiger partial charge in [0.05, 0.1) is 11.9 Å². The second-order valence-electron chi connectivity index (χ2n) is 8.14. The van der Waals surface area contributed by atoms with Crippen molar-refractivity contribution in [2.24, 2.45) is 0 Å². The Hall–Kier alpha value is -2.10. The Bertz CT molecular complexity index is 1100. The number of halogens is 2. The summed E-state index contributed by atoms with van der Waals surface area (Å²) in [7, 11) is -3.77. The van der Waals surface area contributed by atoms with Gasteiger partial charge in [0.2, 0.25) is 21.8 Å². The summed E-state index contributed by atoms with van der Waals surface area (Å²) in [4.78, 5) is 28.1. The van der Waals surface area contributed by atoms with Crippen molar-refractivity contribution in [2.45, 2.75) is 52.2 Å². The second-order valence-corrected chi connectivity index (χ2v) is 11.4. The third-order valence-corrected chi connectivity index (χ3v) is 7.31. The summed E-state index contributed by atoms with van der Waals surface area (Å²) in [6.07, 6.45) is 2.17. The molecule has 0 saturated carbocycles. The Morgan fingerprint density at radius 3 is 2.26 bits per heavy atom. The molecule has 0 radical (unpaired) electrons. The van der Waals surface area contributed by atoms with Crippen LogP contribution in [0.15, 0.2) is 53.0 Å². The van der Waals surface area contributed by atoms with Gasteiger partial charge in [0, 0.05) is 22.1 Å². The molecule has 0 bridgehead atoms. The van der Waals surface area contributed by atoms with Gasteiger partial charge in [0.15, 0.2) is 0 Å². The predicted molar refractivity (Wildman–Crippen MR) is 140 cm³/mol. The lowest BCUT2D eigenvalue weighted by atomic mass is 10.1. The van der Waals surface area contributed by atoms with Crippen LogP contribution < -0.4 is 9.62 Å². The quantitative estimate of drug-likeness (QED) is 0.427. The van der Waals surface area contributed by atoms with Gasteiger partial charge in [-0.2, -0.15) is 0 Å². The Labute approximate surface area is 215 Å². The second kappa shape index (κ2) is 12.6. The standard InChI is InChI=1S/C24H31BrClN3O4S/c1-5-17(3)27-24(31)22(6-2)28(15-18-10-12-20(26)13-11-18)23(30)16-29(34(4,32)33)21-9-7-8-19(25)14-21/h7-14,17,22H,5-6,15-16H2,1-4H3,(H,27,31)/t17-,22+/m0/s1. The molecule has 2 aromatic carbocycles. The zero-order valence-electron chi connectivity index (χ0n) is 19.8. The van der Waals surface area contributed by atoms with E-state index < -0.39 is 28.5 Å². The van der Waals surface area contributed by atoms with Gasteiger partial charge in [-0.15, -0.1) is 0 Å². The van der Waals surface area contributed by atoms with Crippen LogP contribution in [-0.4, -0.2) is 50.0 Å². The number of nitrogens with zero attached hydrogens (tertiary/aromatic N) is 2. The molecule has 0 saturated heterocycles. The Kier molecular flexibility index (Phi) is 10.4. The number of rotatable bonds is 11. The molecule has 0 aliphatic carbocycles. The predicted octanol–water partition coefficient (Wildman–Crippen LogP) is 4.59. The highest BCUT2D eigenvalue weighted by molar-refractivity contribution is 9.10. The summed E-state index contributed by atoms with van der Waals surface area (Å²) in [5, 5.41) is 3.50. The van der Waals surface area contributed by atoms with Crippen LogP contribution in [0, 0.1) is 0 Å². The molecule has 0 aliphatic rings. The minimum Gasteiger partial charge on any atom is -0.352 e. The molecule has 1 N–H and O–H groups in total. The first kappa shape index (κ1) is 28.1. The zero-order valence-corrected chi connectivity index (χ0v) is 23.0. The monoisotopic (exact) mass is 571 g/mol. The third kappa shape index (κ3) is 7.99. The molecule has 2 aromatic rings. The van der Waals surface area contributed by atoms with E-state index in [9.17, 15) is 18.0 Å². The summed E-state index contributed by atoms with van der Waals surface area (Å²) in [5.74, 6) is -0.751. The van der Waals surface area contributed by atoms with Crippen molar-refractivity contribution in [1.29, 1.82) is 0 Å². The van der Waals surface area contributed by atoms with E-state index in [0.29, 0.717) is 21.6 Å². The SMILES string of the molecule is CC[C@H](C(=O)N[C@@H](C)CC)N(Cc1ccc(Cl)cc1)C(=O)CN(c1cccc(Br)c1)S(C)(=O)=O. The van der Waals surface area contributed by atoms with Crippen LogP contribution in [0.2, 0.25) is 5.02 Å². The van der Waals surface area contributed by atoms with Crippen LogP contribution in [0.25, 0.3) is 0 Å². The zero-order chi connectivity index (χ0) is 25.5. The number of carbonyl (C=O) groups is 2. The van der Waals surface area contributed by atoms with Crippen molar-refractivity contribution in [3.63, 3.8) is 0 Å². The molecular formula is C24H31BrClN3O4S. The van der Waals surface area contributed by atoms with E-state index >= 15 is 0 Å². The van der Waals surface area contributed by atoms with E-state index in [0.717, 1.165) is 22.5 Å². The number of benzene rings is 2. The van der Waals surface area contributed by atoms with E-state index in [4.69, 9.17) is 11.6 Å². The van der Waals surface area contributed by atoms with Crippen molar-refractivity contribution < 1.29 is 18.0 Å². The molecule has 0 heterocycles. The van der Waals surface area contributed by atoms with Crippen LogP contribution in [0.5, 0.6) is 0 Å². The van der Waals surface area contributed by atoms with Gasteiger partial charge in [-0.3, -0.25) is 13.9 Å². The van der Waals surface area contributed by atoms with Gasteiger partial charge in [0.1, 0.15) is 12.6 Å². The van der Waals surface area contributed by atoms with E-state index in [1.54, 1.807) is 48.5 Å². The van der Waals surface area contributed by atoms with Gasteiger partial charge in [-0.25, -0.2) is 8.42 Å². The summed E-state index contributed by atoms with van der Waals surface area (Å²) < 4.78 is 26.9. The lowest BCUT2D eigenvalue weighted by Crippen LogP contribution is -2.53. The van der Waals surface area contributed by atoms with Gasteiger partial charge in [0.25, 0.3) is 0 Å². The van der Waals surface area contributed by atoms with Crippen molar-refractivity contribution in [2.75, 3.05) is 17.1 Å². The Balaban J connectivity index is 2.43. The molecule has 0 unspecified atom stereocenters. The molecular weight excluding hydrogens is 542 g/mol. The first-order valence-electron chi connectivity index (χ1n) is 11.0. The van der Waals surface area contributed by atoms with Crippen LogP contribution in [0.3, 0.4) is 0 Å². The largest absolute Gasteiger partial charge is 0.352 e. The van der Waals surface area contributed by atoms with Crippen LogP contribution >= 0.6 is 27.5 Å². The molecule has 2 atom stereocenters. The lowest BCUT2D eigenvalue weighted by Gasteiger charge is -2.33. The molecule has 2 amide bonds. The molecule has 2 rings (SSSR count). The fraction of sp³-hybridized carbons (Fsp3) is 0.417. The molecule has 0 fully saturated rings. The highest BCUT2D eigenvalue weighted by atomic mass is 79.9. The van der Waals surface area contributed by atoms with Crippen molar-refractivity contribution >= 4 is 55.1 Å². The third-order valence-electron chi connectivity index (χ3n) is 5.43. The topological polar surface area (TPSA) is 86.8 Å². The number of hydrogen-bond acceptors (Lipinski definition) is 4. The molecule has 186 valence electrons. The van der Waals surface area contributed by atoms with Gasteiger partial charge >= 0.3 is 0 Å². The van der Waals surface area contributed by atoms with Crippen LogP contribution in [0.4, 0.5) is 5.69 Å². The van der Waals surface area contributed by atoms with Gasteiger partial charge in [-0.05, 0) is 55.7 Å². The lowest BCUT2D eigenvalue weighted by molar-refractivity contribution is -0.140. The van der Waals surface area contributed by atoms with Crippen molar-refractivity contribution in [3.8, 4) is 0 Å². The molecule has 34 heavy (non-hydrogen) atoms. The molecule has 0 aliphatic heterocycles. The summed E-state index contributed by atoms with van der Waals surface area (Å²) in [5.41, 5.74) is 1.13. The average Bonchev–Trinajstić information content (AvgIpc) is 2.77. The fourth-order valence-electron chi connectivity index (χ4n) is 3.39. The summed E-state index contributed by atoms with van der Waals surface area (Å²) in [6.45, 7) is 5.39. The number of anilines is 1. The summed E-state index contributed by atoms with van der Waals surface area (Å²) in [6, 6.07) is 12.9. The Morgan fingerprint density at radius 1 is 1.09 bits per heavy atom. The number of carbonyl (C=O) groups excluding carboxylic acids is 2. The van der Waals surface area contributed by atoms with Gasteiger partial charge in [-0.1, -0.05) is 59.6 Å². The minimum absolute atomic E-state index is 0.0526. The van der Waals surface area contributed by atoms with Crippen LogP contribution in [0.1, 0.15) is 39.2 Å². The van der Waals surface area contributed by atoms with E-state index in [1.807, 2.05) is 20.8 Å². The number of nitrogens with one attached hydrogen (secondary N) is 1. The number of amides is 2. The number of hydrogen-bond donors (Lipinski definition) is 1. The maximum atomic E-state index is 13.6. The highest BCUT2D eigenvalue weighted by Gasteiger charge is 2.32. The highest BCUT2D eigenvalue weighted by Crippen LogP contribution is 2.23.